The lowest BCUT2D eigenvalue weighted by molar-refractivity contribution is 0.202. The zero-order valence-corrected chi connectivity index (χ0v) is 12.3. The summed E-state index contributed by atoms with van der Waals surface area (Å²) in [5.41, 5.74) is 1.27. The third kappa shape index (κ3) is 3.77. The molecule has 1 aromatic heterocycles. The molecule has 0 amide bonds. The second-order valence-corrected chi connectivity index (χ2v) is 6.10. The molecule has 1 aromatic rings. The van der Waals surface area contributed by atoms with E-state index in [1.165, 1.54) is 41.3 Å². The topological polar surface area (TPSA) is 34.1 Å². The highest BCUT2D eigenvalue weighted by Crippen LogP contribution is 2.22. The Hall–Kier alpha value is -0.450. The van der Waals surface area contributed by atoms with Crippen LogP contribution in [0.5, 0.6) is 0 Å². The van der Waals surface area contributed by atoms with Crippen LogP contribution in [0.4, 0.5) is 0 Å². The van der Waals surface area contributed by atoms with Gasteiger partial charge in [0.1, 0.15) is 0 Å². The SMILES string of the molecule is CCc1nc(CCOC)sc1CNC1CCCC1. The minimum atomic E-state index is 0.735. The highest BCUT2D eigenvalue weighted by Gasteiger charge is 2.16. The van der Waals surface area contributed by atoms with Crippen molar-refractivity contribution in [1.82, 2.24) is 10.3 Å². The van der Waals surface area contributed by atoms with Crippen LogP contribution >= 0.6 is 11.3 Å². The molecule has 1 saturated carbocycles. The van der Waals surface area contributed by atoms with Gasteiger partial charge in [0.15, 0.2) is 0 Å². The molecule has 2 rings (SSSR count). The molecule has 1 aliphatic carbocycles. The first-order valence-corrected chi connectivity index (χ1v) is 7.85. The van der Waals surface area contributed by atoms with Crippen LogP contribution in [0.1, 0.15) is 48.2 Å². The van der Waals surface area contributed by atoms with Crippen molar-refractivity contribution in [2.75, 3.05) is 13.7 Å². The van der Waals surface area contributed by atoms with Crippen LogP contribution in [-0.4, -0.2) is 24.7 Å². The summed E-state index contributed by atoms with van der Waals surface area (Å²) >= 11 is 1.85. The molecule has 18 heavy (non-hydrogen) atoms. The molecule has 0 unspecified atom stereocenters. The zero-order valence-electron chi connectivity index (χ0n) is 11.5. The van der Waals surface area contributed by atoms with Gasteiger partial charge >= 0.3 is 0 Å². The molecule has 1 aliphatic rings. The molecule has 0 atom stereocenters. The highest BCUT2D eigenvalue weighted by atomic mass is 32.1. The molecule has 0 bridgehead atoms. The monoisotopic (exact) mass is 268 g/mol. The Balaban J connectivity index is 1.90. The Bertz CT molecular complexity index is 359. The predicted molar refractivity (Wildman–Crippen MR) is 76.2 cm³/mol. The molecular weight excluding hydrogens is 244 g/mol. The van der Waals surface area contributed by atoms with E-state index in [9.17, 15) is 0 Å². The minimum absolute atomic E-state index is 0.735. The van der Waals surface area contributed by atoms with Crippen LogP contribution in [0.15, 0.2) is 0 Å². The quantitative estimate of drug-likeness (QED) is 0.825. The average Bonchev–Trinajstić information content (AvgIpc) is 3.02. The number of methoxy groups -OCH3 is 1. The van der Waals surface area contributed by atoms with Gasteiger partial charge in [-0.1, -0.05) is 19.8 Å². The number of aromatic nitrogens is 1. The zero-order chi connectivity index (χ0) is 12.8. The van der Waals surface area contributed by atoms with E-state index >= 15 is 0 Å². The van der Waals surface area contributed by atoms with Crippen molar-refractivity contribution < 1.29 is 4.74 Å². The Morgan fingerprint density at radius 1 is 1.39 bits per heavy atom. The maximum atomic E-state index is 5.12. The molecule has 0 spiro atoms. The van der Waals surface area contributed by atoms with Gasteiger partial charge in [-0.15, -0.1) is 11.3 Å². The number of ether oxygens (including phenoxy) is 1. The van der Waals surface area contributed by atoms with Gasteiger partial charge in [0.05, 0.1) is 17.3 Å². The molecule has 102 valence electrons. The van der Waals surface area contributed by atoms with Crippen LogP contribution in [-0.2, 0) is 24.1 Å². The summed E-state index contributed by atoms with van der Waals surface area (Å²) in [6.07, 6.45) is 7.44. The van der Waals surface area contributed by atoms with E-state index in [-0.39, 0.29) is 0 Å². The molecule has 0 saturated heterocycles. The number of nitrogens with zero attached hydrogens (tertiary/aromatic N) is 1. The number of thiazole rings is 1. The fourth-order valence-electron chi connectivity index (χ4n) is 2.51. The lowest BCUT2D eigenvalue weighted by Crippen LogP contribution is -2.25. The van der Waals surface area contributed by atoms with Gasteiger partial charge in [0.2, 0.25) is 0 Å². The molecular formula is C14H24N2OS. The summed E-state index contributed by atoms with van der Waals surface area (Å²) in [5, 5.41) is 4.90. The molecule has 0 aromatic carbocycles. The first-order chi connectivity index (χ1) is 8.83. The van der Waals surface area contributed by atoms with Crippen molar-refractivity contribution in [2.24, 2.45) is 0 Å². The lowest BCUT2D eigenvalue weighted by Gasteiger charge is -2.10. The highest BCUT2D eigenvalue weighted by molar-refractivity contribution is 7.11. The number of hydrogen-bond acceptors (Lipinski definition) is 4. The van der Waals surface area contributed by atoms with Crippen molar-refractivity contribution in [3.8, 4) is 0 Å². The molecule has 0 aliphatic heterocycles. The van der Waals surface area contributed by atoms with E-state index in [1.807, 2.05) is 11.3 Å². The summed E-state index contributed by atoms with van der Waals surface area (Å²) in [6.45, 7) is 3.96. The standard InChI is InChI=1S/C14H24N2OS/c1-3-12-13(10-15-11-6-4-5-7-11)18-14(16-12)8-9-17-2/h11,15H,3-10H2,1-2H3. The summed E-state index contributed by atoms with van der Waals surface area (Å²) in [6, 6.07) is 0.735. The van der Waals surface area contributed by atoms with Crippen molar-refractivity contribution >= 4 is 11.3 Å². The Morgan fingerprint density at radius 2 is 2.17 bits per heavy atom. The van der Waals surface area contributed by atoms with Crippen LogP contribution in [0.25, 0.3) is 0 Å². The van der Waals surface area contributed by atoms with E-state index in [4.69, 9.17) is 9.72 Å². The molecule has 3 nitrogen and oxygen atoms in total. The van der Waals surface area contributed by atoms with Crippen LogP contribution in [0, 0.1) is 0 Å². The average molecular weight is 268 g/mol. The van der Waals surface area contributed by atoms with E-state index in [0.717, 1.165) is 32.0 Å². The summed E-state index contributed by atoms with van der Waals surface area (Å²) in [5.74, 6) is 0. The summed E-state index contributed by atoms with van der Waals surface area (Å²) in [7, 11) is 1.75. The second-order valence-electron chi connectivity index (χ2n) is 4.94. The van der Waals surface area contributed by atoms with Crippen molar-refractivity contribution in [3.05, 3.63) is 15.6 Å². The van der Waals surface area contributed by atoms with E-state index in [0.29, 0.717) is 0 Å². The second kappa shape index (κ2) is 7.22. The molecule has 4 heteroatoms. The maximum Gasteiger partial charge on any atom is 0.0954 e. The molecule has 0 radical (unpaired) electrons. The Morgan fingerprint density at radius 3 is 2.83 bits per heavy atom. The first-order valence-electron chi connectivity index (χ1n) is 7.03. The van der Waals surface area contributed by atoms with E-state index in [1.54, 1.807) is 7.11 Å². The molecule has 1 heterocycles. The van der Waals surface area contributed by atoms with Gasteiger partial charge in [-0.3, -0.25) is 0 Å². The fourth-order valence-corrected chi connectivity index (χ4v) is 3.60. The maximum absolute atomic E-state index is 5.12. The van der Waals surface area contributed by atoms with E-state index < -0.39 is 0 Å². The van der Waals surface area contributed by atoms with Crippen LogP contribution in [0.3, 0.4) is 0 Å². The number of nitrogens with one attached hydrogen (secondary N) is 1. The Kier molecular flexibility index (Phi) is 5.60. The third-order valence-electron chi connectivity index (χ3n) is 3.58. The van der Waals surface area contributed by atoms with Crippen molar-refractivity contribution in [1.29, 1.82) is 0 Å². The fraction of sp³-hybridized carbons (Fsp3) is 0.786. The van der Waals surface area contributed by atoms with Crippen LogP contribution in [0.2, 0.25) is 0 Å². The van der Waals surface area contributed by atoms with E-state index in [2.05, 4.69) is 12.2 Å². The number of hydrogen-bond donors (Lipinski definition) is 1. The predicted octanol–water partition coefficient (Wildman–Crippen LogP) is 2.93. The number of aryl methyl sites for hydroxylation is 1. The van der Waals surface area contributed by atoms with Gasteiger partial charge in [-0.2, -0.15) is 0 Å². The Labute approximate surface area is 114 Å². The van der Waals surface area contributed by atoms with Crippen LogP contribution < -0.4 is 5.32 Å². The van der Waals surface area contributed by atoms with Crippen molar-refractivity contribution in [3.63, 3.8) is 0 Å². The summed E-state index contributed by atoms with van der Waals surface area (Å²) in [4.78, 5) is 6.14. The normalized spacial score (nSPS) is 16.6. The molecule has 1 fully saturated rings. The smallest absolute Gasteiger partial charge is 0.0954 e. The first kappa shape index (κ1) is 14.0. The lowest BCUT2D eigenvalue weighted by atomic mass is 10.2. The van der Waals surface area contributed by atoms with Crippen molar-refractivity contribution in [2.45, 2.75) is 58.0 Å². The number of rotatable bonds is 7. The third-order valence-corrected chi connectivity index (χ3v) is 4.74. The summed E-state index contributed by atoms with van der Waals surface area (Å²) < 4.78 is 5.12. The minimum Gasteiger partial charge on any atom is -0.384 e. The van der Waals surface area contributed by atoms with Gasteiger partial charge in [0, 0.05) is 31.0 Å². The van der Waals surface area contributed by atoms with Gasteiger partial charge in [-0.05, 0) is 19.3 Å². The largest absolute Gasteiger partial charge is 0.384 e. The van der Waals surface area contributed by atoms with Gasteiger partial charge in [-0.25, -0.2) is 4.98 Å². The molecule has 1 N–H and O–H groups in total. The van der Waals surface area contributed by atoms with Gasteiger partial charge < -0.3 is 10.1 Å². The van der Waals surface area contributed by atoms with Gasteiger partial charge in [0.25, 0.3) is 0 Å².